The van der Waals surface area contributed by atoms with Crippen LogP contribution in [0.15, 0.2) is 48.7 Å². The van der Waals surface area contributed by atoms with Gasteiger partial charge in [-0.3, -0.25) is 4.68 Å². The van der Waals surface area contributed by atoms with Crippen molar-refractivity contribution in [1.82, 2.24) is 14.8 Å². The number of benzene rings is 2. The lowest BCUT2D eigenvalue weighted by Gasteiger charge is -2.27. The maximum atomic E-state index is 15.3. The van der Waals surface area contributed by atoms with Crippen LogP contribution in [-0.4, -0.2) is 29.2 Å². The van der Waals surface area contributed by atoms with Crippen LogP contribution in [0.4, 0.5) is 14.6 Å². The van der Waals surface area contributed by atoms with Crippen molar-refractivity contribution in [1.29, 1.82) is 0 Å². The van der Waals surface area contributed by atoms with Crippen molar-refractivity contribution in [3.63, 3.8) is 0 Å². The molecule has 1 saturated carbocycles. The number of hydrogen-bond donors (Lipinski definition) is 2. The van der Waals surface area contributed by atoms with Gasteiger partial charge in [-0.05, 0) is 63.1 Å². The van der Waals surface area contributed by atoms with Crippen molar-refractivity contribution < 1.29 is 17.2 Å². The predicted octanol–water partition coefficient (Wildman–Crippen LogP) is 5.64. The zero-order valence-corrected chi connectivity index (χ0v) is 22.9. The third-order valence-corrected chi connectivity index (χ3v) is 9.02. The molecule has 0 unspecified atom stereocenters. The van der Waals surface area contributed by atoms with Crippen molar-refractivity contribution in [2.45, 2.75) is 69.0 Å². The van der Waals surface area contributed by atoms with E-state index in [4.69, 9.17) is 16.6 Å². The summed E-state index contributed by atoms with van der Waals surface area (Å²) in [7, 11) is -3.82. The number of halogens is 2. The van der Waals surface area contributed by atoms with Crippen molar-refractivity contribution in [2.75, 3.05) is 5.73 Å². The lowest BCUT2D eigenvalue weighted by Crippen LogP contribution is -2.26. The molecule has 0 amide bonds. The molecule has 1 fully saturated rings. The smallest absolute Gasteiger partial charge is 0.158 e. The van der Waals surface area contributed by atoms with E-state index in [0.29, 0.717) is 22.5 Å². The van der Waals surface area contributed by atoms with Crippen LogP contribution in [0.3, 0.4) is 0 Å². The number of pyridine rings is 1. The minimum atomic E-state index is -3.82. The summed E-state index contributed by atoms with van der Waals surface area (Å²) in [5, 5.41) is 5.51. The first-order chi connectivity index (χ1) is 18.5. The third kappa shape index (κ3) is 5.53. The summed E-state index contributed by atoms with van der Waals surface area (Å²) in [4.78, 5) is 4.49. The Kier molecular flexibility index (Phi) is 7.43. The second-order valence-electron chi connectivity index (χ2n) is 10.8. The number of fused-ring (bicyclic) bond motifs is 1. The highest BCUT2D eigenvalue weighted by Crippen LogP contribution is 2.41. The molecule has 2 heterocycles. The molecule has 2 aromatic carbocycles. The Morgan fingerprint density at radius 1 is 1.00 bits per heavy atom. The summed E-state index contributed by atoms with van der Waals surface area (Å²) in [6, 6.07) is 10.3. The average Bonchev–Trinajstić information content (AvgIpc) is 3.29. The van der Waals surface area contributed by atoms with E-state index in [1.165, 1.54) is 30.3 Å². The second kappa shape index (κ2) is 10.7. The number of rotatable bonds is 7. The van der Waals surface area contributed by atoms with Crippen LogP contribution < -0.4 is 11.5 Å². The zero-order chi connectivity index (χ0) is 27.9. The van der Waals surface area contributed by atoms with E-state index in [1.807, 2.05) is 24.7 Å². The molecule has 0 spiro atoms. The first-order valence-electron chi connectivity index (χ1n) is 13.2. The highest BCUT2D eigenvalue weighted by Gasteiger charge is 2.27. The molecule has 4 N–H and O–H groups in total. The molecule has 1 aliphatic carbocycles. The van der Waals surface area contributed by atoms with Crippen LogP contribution in [0.2, 0.25) is 0 Å². The Balaban J connectivity index is 1.52. The van der Waals surface area contributed by atoms with Gasteiger partial charge >= 0.3 is 0 Å². The monoisotopic (exact) mass is 553 g/mol. The van der Waals surface area contributed by atoms with E-state index in [-0.39, 0.29) is 29.1 Å². The maximum absolute atomic E-state index is 15.3. The summed E-state index contributed by atoms with van der Waals surface area (Å²) in [6.45, 7) is 4.05. The summed E-state index contributed by atoms with van der Waals surface area (Å²) < 4.78 is 56.7. The van der Waals surface area contributed by atoms with Gasteiger partial charge in [-0.2, -0.15) is 5.10 Å². The number of anilines is 1. The van der Waals surface area contributed by atoms with E-state index in [2.05, 4.69) is 4.98 Å². The highest BCUT2D eigenvalue weighted by molar-refractivity contribution is 7.89. The number of nitrogens with two attached hydrogens (primary N) is 2. The number of sulfone groups is 1. The standard InChI is InChI=1S/C29H33F2N5O2S/c1-17(2)36-28-23(18-9-11-22(32)12-10-18)14-34-29(33)26(28)27(35-36)19-7-8-21(25(31)13-19)16-39(37,38)15-20-5-3-4-6-24(20)30/h3-8,13-14,17-18,22H,9-12,15-16,32H2,1-2H3,(H2,33,34). The van der Waals surface area contributed by atoms with E-state index >= 15 is 4.39 Å². The maximum Gasteiger partial charge on any atom is 0.158 e. The Labute approximate surface area is 227 Å². The average molecular weight is 554 g/mol. The number of nitrogens with zero attached hydrogens (tertiary/aromatic N) is 3. The third-order valence-electron chi connectivity index (χ3n) is 7.52. The van der Waals surface area contributed by atoms with Crippen molar-refractivity contribution in [3.8, 4) is 11.3 Å². The van der Waals surface area contributed by atoms with Crippen LogP contribution in [-0.2, 0) is 21.3 Å². The van der Waals surface area contributed by atoms with Gasteiger partial charge in [0, 0.05) is 35.0 Å². The fourth-order valence-electron chi connectivity index (χ4n) is 5.48. The van der Waals surface area contributed by atoms with Gasteiger partial charge in [0.2, 0.25) is 0 Å². The molecule has 2 aromatic heterocycles. The lowest BCUT2D eigenvalue weighted by molar-refractivity contribution is 0.395. The van der Waals surface area contributed by atoms with Gasteiger partial charge in [0.05, 0.1) is 22.4 Å². The molecule has 0 aliphatic heterocycles. The van der Waals surface area contributed by atoms with Crippen LogP contribution in [0.1, 0.15) is 68.2 Å². The normalized spacial score (nSPS) is 18.2. The fourth-order valence-corrected chi connectivity index (χ4v) is 6.99. The van der Waals surface area contributed by atoms with Crippen molar-refractivity contribution in [2.24, 2.45) is 5.73 Å². The summed E-state index contributed by atoms with van der Waals surface area (Å²) in [6.07, 6.45) is 5.60. The zero-order valence-electron chi connectivity index (χ0n) is 22.1. The molecule has 0 saturated heterocycles. The van der Waals surface area contributed by atoms with Gasteiger partial charge in [-0.25, -0.2) is 22.2 Å². The molecule has 0 bridgehead atoms. The fraction of sp³-hybridized carbons (Fsp3) is 0.379. The van der Waals surface area contributed by atoms with Gasteiger partial charge in [0.15, 0.2) is 9.84 Å². The van der Waals surface area contributed by atoms with E-state index in [0.717, 1.165) is 36.8 Å². The molecule has 1 aliphatic rings. The van der Waals surface area contributed by atoms with Crippen LogP contribution in [0, 0.1) is 11.6 Å². The van der Waals surface area contributed by atoms with Gasteiger partial charge in [0.1, 0.15) is 23.1 Å². The van der Waals surface area contributed by atoms with Gasteiger partial charge in [-0.1, -0.05) is 30.3 Å². The van der Waals surface area contributed by atoms with E-state index < -0.39 is 33.0 Å². The Bertz CT molecular complexity index is 1630. The Morgan fingerprint density at radius 2 is 1.67 bits per heavy atom. The molecule has 206 valence electrons. The molecule has 7 nitrogen and oxygen atoms in total. The second-order valence-corrected chi connectivity index (χ2v) is 12.8. The SMILES string of the molecule is CC(C)n1nc(-c2ccc(CS(=O)(=O)Cc3ccccc3F)c(F)c2)c2c(N)ncc(C3CCC(N)CC3)c21. The minimum absolute atomic E-state index is 0.00742. The Hall–Kier alpha value is -3.37. The summed E-state index contributed by atoms with van der Waals surface area (Å²) >= 11 is 0. The minimum Gasteiger partial charge on any atom is -0.383 e. The van der Waals surface area contributed by atoms with Gasteiger partial charge in [-0.15, -0.1) is 0 Å². The summed E-state index contributed by atoms with van der Waals surface area (Å²) in [5.74, 6) is -1.76. The first kappa shape index (κ1) is 27.2. The van der Waals surface area contributed by atoms with E-state index in [1.54, 1.807) is 12.1 Å². The first-order valence-corrected chi connectivity index (χ1v) is 15.0. The Morgan fingerprint density at radius 3 is 2.31 bits per heavy atom. The molecule has 0 radical (unpaired) electrons. The molecular formula is C29H33F2N5O2S. The lowest BCUT2D eigenvalue weighted by atomic mass is 9.82. The molecule has 10 heteroatoms. The van der Waals surface area contributed by atoms with Crippen LogP contribution >= 0.6 is 0 Å². The molecule has 39 heavy (non-hydrogen) atoms. The number of nitrogen functional groups attached to an aromatic ring is 1. The van der Waals surface area contributed by atoms with Crippen LogP contribution in [0.5, 0.6) is 0 Å². The predicted molar refractivity (Wildman–Crippen MR) is 150 cm³/mol. The van der Waals surface area contributed by atoms with Gasteiger partial charge < -0.3 is 11.5 Å². The van der Waals surface area contributed by atoms with E-state index in [9.17, 15) is 12.8 Å². The molecule has 4 aromatic rings. The van der Waals surface area contributed by atoms with Crippen molar-refractivity contribution in [3.05, 3.63) is 77.0 Å². The highest BCUT2D eigenvalue weighted by atomic mass is 32.2. The molecule has 5 rings (SSSR count). The van der Waals surface area contributed by atoms with Crippen molar-refractivity contribution >= 4 is 26.6 Å². The number of hydrogen-bond acceptors (Lipinski definition) is 6. The number of aromatic nitrogens is 3. The largest absolute Gasteiger partial charge is 0.383 e. The quantitative estimate of drug-likeness (QED) is 0.306. The topological polar surface area (TPSA) is 117 Å². The molecular weight excluding hydrogens is 520 g/mol. The summed E-state index contributed by atoms with van der Waals surface area (Å²) in [5.41, 5.74) is 15.5. The van der Waals surface area contributed by atoms with Gasteiger partial charge in [0.25, 0.3) is 0 Å². The molecule has 0 atom stereocenters. The van der Waals surface area contributed by atoms with Crippen LogP contribution in [0.25, 0.3) is 22.2 Å².